The number of hydrogen-bond donors (Lipinski definition) is 1. The molecule has 0 saturated carbocycles. The molecule has 0 spiro atoms. The van der Waals surface area contributed by atoms with Gasteiger partial charge in [-0.1, -0.05) is 24.3 Å². The van der Waals surface area contributed by atoms with Crippen LogP contribution in [-0.2, 0) is 16.1 Å². The number of rotatable bonds is 9. The molecule has 40 heavy (non-hydrogen) atoms. The van der Waals surface area contributed by atoms with Gasteiger partial charge in [0, 0.05) is 37.9 Å². The first-order valence-corrected chi connectivity index (χ1v) is 13.2. The van der Waals surface area contributed by atoms with Gasteiger partial charge in [-0.2, -0.15) is 5.10 Å². The zero-order chi connectivity index (χ0) is 28.6. The Morgan fingerprint density at radius 3 is 2.40 bits per heavy atom. The lowest BCUT2D eigenvalue weighted by Crippen LogP contribution is -2.52. The molecule has 1 aliphatic heterocycles. The Balaban J connectivity index is 1.36. The average molecular weight is 550 g/mol. The maximum Gasteiger partial charge on any atom is 0.409 e. The summed E-state index contributed by atoms with van der Waals surface area (Å²) in [6.07, 6.45) is 1.31. The van der Waals surface area contributed by atoms with Crippen molar-refractivity contribution in [2.75, 3.05) is 45.2 Å². The molecule has 4 rings (SSSR count). The second kappa shape index (κ2) is 13.0. The highest BCUT2D eigenvalue weighted by molar-refractivity contribution is 6.04. The van der Waals surface area contributed by atoms with Crippen LogP contribution < -0.4 is 14.8 Å². The maximum atomic E-state index is 13.1. The van der Waals surface area contributed by atoms with Crippen molar-refractivity contribution >= 4 is 23.6 Å². The van der Waals surface area contributed by atoms with Gasteiger partial charge >= 0.3 is 6.09 Å². The molecule has 11 heteroatoms. The SMILES string of the molecule is CCOC(=O)N1CCN(C(=O)C(C)n2cc(NC(=O)c3cccc(COc4ccccc4OC)c3)c(C)n2)CC1. The fraction of sp³-hybridized carbons (Fsp3) is 0.379. The number of carbonyl (C=O) groups excluding carboxylic acids is 3. The molecule has 1 aliphatic rings. The van der Waals surface area contributed by atoms with Crippen molar-refractivity contribution < 1.29 is 28.6 Å². The van der Waals surface area contributed by atoms with E-state index in [1.165, 1.54) is 0 Å². The lowest BCUT2D eigenvalue weighted by atomic mass is 10.1. The zero-order valence-corrected chi connectivity index (χ0v) is 23.3. The van der Waals surface area contributed by atoms with E-state index < -0.39 is 6.04 Å². The van der Waals surface area contributed by atoms with Crippen LogP contribution in [0, 0.1) is 6.92 Å². The van der Waals surface area contributed by atoms with Crippen molar-refractivity contribution in [2.45, 2.75) is 33.4 Å². The van der Waals surface area contributed by atoms with Crippen LogP contribution in [0.25, 0.3) is 0 Å². The number of para-hydroxylation sites is 2. The molecule has 1 unspecified atom stereocenters. The minimum Gasteiger partial charge on any atom is -0.493 e. The van der Waals surface area contributed by atoms with Gasteiger partial charge in [-0.05, 0) is 50.6 Å². The first kappa shape index (κ1) is 28.5. The number of nitrogens with zero attached hydrogens (tertiary/aromatic N) is 4. The number of anilines is 1. The molecule has 1 aromatic heterocycles. The van der Waals surface area contributed by atoms with Gasteiger partial charge < -0.3 is 29.3 Å². The summed E-state index contributed by atoms with van der Waals surface area (Å²) in [5, 5.41) is 7.38. The van der Waals surface area contributed by atoms with Crippen molar-refractivity contribution in [3.63, 3.8) is 0 Å². The van der Waals surface area contributed by atoms with Gasteiger partial charge in [-0.3, -0.25) is 14.3 Å². The highest BCUT2D eigenvalue weighted by Crippen LogP contribution is 2.27. The van der Waals surface area contributed by atoms with Gasteiger partial charge in [-0.15, -0.1) is 0 Å². The molecule has 1 fully saturated rings. The van der Waals surface area contributed by atoms with E-state index in [0.29, 0.717) is 61.2 Å². The molecule has 3 aromatic rings. The van der Waals surface area contributed by atoms with Crippen LogP contribution in [0.4, 0.5) is 10.5 Å². The van der Waals surface area contributed by atoms with E-state index in [1.807, 2.05) is 30.3 Å². The Labute approximate surface area is 233 Å². The normalized spacial score (nSPS) is 13.9. The van der Waals surface area contributed by atoms with E-state index in [1.54, 1.807) is 66.8 Å². The number of aryl methyl sites for hydroxylation is 1. The molecular formula is C29H35N5O6. The van der Waals surface area contributed by atoms with Gasteiger partial charge in [0.1, 0.15) is 12.6 Å². The highest BCUT2D eigenvalue weighted by atomic mass is 16.6. The number of aromatic nitrogens is 2. The molecule has 2 aromatic carbocycles. The number of hydrogen-bond acceptors (Lipinski definition) is 7. The smallest absolute Gasteiger partial charge is 0.409 e. The summed E-state index contributed by atoms with van der Waals surface area (Å²) >= 11 is 0. The zero-order valence-electron chi connectivity index (χ0n) is 23.3. The Kier molecular flexibility index (Phi) is 9.26. The van der Waals surface area contributed by atoms with Crippen LogP contribution in [0.3, 0.4) is 0 Å². The van der Waals surface area contributed by atoms with Crippen molar-refractivity contribution in [3.8, 4) is 11.5 Å². The number of nitrogens with one attached hydrogen (secondary N) is 1. The lowest BCUT2D eigenvalue weighted by molar-refractivity contribution is -0.136. The van der Waals surface area contributed by atoms with Gasteiger partial charge in [0.05, 0.1) is 25.1 Å². The third kappa shape index (κ3) is 6.71. The standard InChI is InChI=1S/C29H35N5O6/c1-5-39-29(37)33-15-13-32(14-16-33)28(36)21(3)34-18-24(20(2)31-34)30-27(35)23-10-8-9-22(17-23)19-40-26-12-7-6-11-25(26)38-4/h6-12,17-18,21H,5,13-16,19H2,1-4H3,(H,30,35). The largest absolute Gasteiger partial charge is 0.493 e. The molecule has 0 aliphatic carbocycles. The van der Waals surface area contributed by atoms with Crippen LogP contribution in [0.5, 0.6) is 11.5 Å². The summed E-state index contributed by atoms with van der Waals surface area (Å²) in [4.78, 5) is 41.4. The second-order valence-electron chi connectivity index (χ2n) is 9.39. The molecule has 11 nitrogen and oxygen atoms in total. The summed E-state index contributed by atoms with van der Waals surface area (Å²) in [5.74, 6) is 0.852. The fourth-order valence-corrected chi connectivity index (χ4v) is 4.40. The van der Waals surface area contributed by atoms with E-state index in [9.17, 15) is 14.4 Å². The van der Waals surface area contributed by atoms with Gasteiger partial charge in [-0.25, -0.2) is 4.79 Å². The summed E-state index contributed by atoms with van der Waals surface area (Å²) < 4.78 is 17.8. The van der Waals surface area contributed by atoms with E-state index in [4.69, 9.17) is 14.2 Å². The van der Waals surface area contributed by atoms with E-state index in [-0.39, 0.29) is 24.5 Å². The molecule has 1 atom stereocenters. The van der Waals surface area contributed by atoms with Crippen LogP contribution in [0.2, 0.25) is 0 Å². The minimum atomic E-state index is -0.575. The van der Waals surface area contributed by atoms with Gasteiger partial charge in [0.15, 0.2) is 11.5 Å². The Morgan fingerprint density at radius 2 is 1.70 bits per heavy atom. The number of methoxy groups -OCH3 is 1. The predicted octanol–water partition coefficient (Wildman–Crippen LogP) is 3.89. The highest BCUT2D eigenvalue weighted by Gasteiger charge is 2.29. The van der Waals surface area contributed by atoms with Gasteiger partial charge in [0.2, 0.25) is 5.91 Å². The quantitative estimate of drug-likeness (QED) is 0.431. The first-order valence-electron chi connectivity index (χ1n) is 13.2. The number of ether oxygens (including phenoxy) is 3. The summed E-state index contributed by atoms with van der Waals surface area (Å²) in [6, 6.07) is 14.0. The third-order valence-corrected chi connectivity index (χ3v) is 6.69. The molecule has 1 saturated heterocycles. The summed E-state index contributed by atoms with van der Waals surface area (Å²) in [7, 11) is 1.59. The van der Waals surface area contributed by atoms with Crippen molar-refractivity contribution in [2.24, 2.45) is 0 Å². The summed E-state index contributed by atoms with van der Waals surface area (Å²) in [6.45, 7) is 7.56. The molecule has 212 valence electrons. The van der Waals surface area contributed by atoms with E-state index >= 15 is 0 Å². The summed E-state index contributed by atoms with van der Waals surface area (Å²) in [5.41, 5.74) is 2.41. The third-order valence-electron chi connectivity index (χ3n) is 6.69. The first-order chi connectivity index (χ1) is 19.3. The molecule has 2 heterocycles. The van der Waals surface area contributed by atoms with Crippen LogP contribution in [-0.4, -0.2) is 77.4 Å². The van der Waals surface area contributed by atoms with Crippen LogP contribution in [0.15, 0.2) is 54.7 Å². The maximum absolute atomic E-state index is 13.1. The molecule has 0 radical (unpaired) electrons. The fourth-order valence-electron chi connectivity index (χ4n) is 4.40. The van der Waals surface area contributed by atoms with Crippen molar-refractivity contribution in [3.05, 3.63) is 71.5 Å². The lowest BCUT2D eigenvalue weighted by Gasteiger charge is -2.35. The number of carbonyl (C=O) groups is 3. The minimum absolute atomic E-state index is 0.105. The van der Waals surface area contributed by atoms with Crippen molar-refractivity contribution in [1.29, 1.82) is 0 Å². The Bertz CT molecular complexity index is 1350. The van der Waals surface area contributed by atoms with Crippen molar-refractivity contribution in [1.82, 2.24) is 19.6 Å². The predicted molar refractivity (Wildman–Crippen MR) is 149 cm³/mol. The van der Waals surface area contributed by atoms with E-state index in [2.05, 4.69) is 10.4 Å². The van der Waals surface area contributed by atoms with Crippen LogP contribution in [0.1, 0.15) is 41.5 Å². The number of amides is 3. The molecule has 3 amide bonds. The number of benzene rings is 2. The van der Waals surface area contributed by atoms with Crippen LogP contribution >= 0.6 is 0 Å². The monoisotopic (exact) mass is 549 g/mol. The van der Waals surface area contributed by atoms with Gasteiger partial charge in [0.25, 0.3) is 5.91 Å². The second-order valence-corrected chi connectivity index (χ2v) is 9.39. The Hall–Kier alpha value is -4.54. The average Bonchev–Trinajstić information content (AvgIpc) is 3.35. The molecule has 0 bridgehead atoms. The molecular weight excluding hydrogens is 514 g/mol. The van der Waals surface area contributed by atoms with E-state index in [0.717, 1.165) is 5.56 Å². The topological polar surface area (TPSA) is 115 Å². The number of piperazine rings is 1. The Morgan fingerprint density at radius 1 is 1.00 bits per heavy atom. The molecule has 1 N–H and O–H groups in total.